The van der Waals surface area contributed by atoms with E-state index in [1.165, 1.54) is 6.20 Å². The molecule has 0 radical (unpaired) electrons. The summed E-state index contributed by atoms with van der Waals surface area (Å²) in [5, 5.41) is 19.5. The molecule has 1 aromatic heterocycles. The summed E-state index contributed by atoms with van der Waals surface area (Å²) in [7, 11) is 0. The number of aromatic nitrogens is 2. The number of carbonyl (C=O) groups is 2. The number of hydrogen-bond donors (Lipinski definition) is 1. The quantitative estimate of drug-likeness (QED) is 0.677. The standard InChI is InChI=1S/C25H27ClN6O3/c26-18-3-1-16(2-4-18)21-14-31(15-22(21)32(25(34)35)20-5-6-20)24(33)17-7-9-30(10-8-17)23-13-28-19(11-27)12-29-23/h1-4,12-13,17,20-22H,5-10,14-15H2,(H,34,35)/t21-,22+/m0/s1. The lowest BCUT2D eigenvalue weighted by atomic mass is 9.93. The molecule has 0 spiro atoms. The van der Waals surface area contributed by atoms with Crippen LogP contribution >= 0.6 is 11.6 Å². The number of nitrogens with zero attached hydrogens (tertiary/aromatic N) is 6. The Morgan fingerprint density at radius 2 is 1.77 bits per heavy atom. The van der Waals surface area contributed by atoms with Gasteiger partial charge in [0.05, 0.1) is 18.4 Å². The first-order valence-corrected chi connectivity index (χ1v) is 12.3. The molecule has 10 heteroatoms. The van der Waals surface area contributed by atoms with E-state index in [0.717, 1.165) is 18.4 Å². The van der Waals surface area contributed by atoms with Crippen molar-refractivity contribution in [3.8, 4) is 6.07 Å². The van der Waals surface area contributed by atoms with Gasteiger partial charge in [-0.05, 0) is 43.4 Å². The van der Waals surface area contributed by atoms with Crippen molar-refractivity contribution in [1.82, 2.24) is 19.8 Å². The van der Waals surface area contributed by atoms with Crippen LogP contribution in [-0.2, 0) is 4.79 Å². The van der Waals surface area contributed by atoms with Crippen molar-refractivity contribution in [2.24, 2.45) is 5.92 Å². The van der Waals surface area contributed by atoms with E-state index in [1.807, 2.05) is 35.2 Å². The Kier molecular flexibility index (Phi) is 6.48. The van der Waals surface area contributed by atoms with E-state index in [9.17, 15) is 14.7 Å². The summed E-state index contributed by atoms with van der Waals surface area (Å²) in [5.74, 6) is 0.613. The summed E-state index contributed by atoms with van der Waals surface area (Å²) in [4.78, 5) is 39.6. The van der Waals surface area contributed by atoms with Crippen molar-refractivity contribution < 1.29 is 14.7 Å². The van der Waals surface area contributed by atoms with Gasteiger partial charge in [-0.1, -0.05) is 23.7 Å². The van der Waals surface area contributed by atoms with Gasteiger partial charge in [-0.25, -0.2) is 14.8 Å². The lowest BCUT2D eigenvalue weighted by molar-refractivity contribution is -0.135. The number of hydrogen-bond acceptors (Lipinski definition) is 6. The van der Waals surface area contributed by atoms with Crippen LogP contribution in [-0.4, -0.2) is 75.1 Å². The van der Waals surface area contributed by atoms with Crippen molar-refractivity contribution >= 4 is 29.4 Å². The van der Waals surface area contributed by atoms with E-state index in [4.69, 9.17) is 16.9 Å². The van der Waals surface area contributed by atoms with Crippen molar-refractivity contribution in [1.29, 1.82) is 5.26 Å². The fraction of sp³-hybridized carbons (Fsp3) is 0.480. The predicted octanol–water partition coefficient (Wildman–Crippen LogP) is 3.36. The minimum absolute atomic E-state index is 0.0409. The van der Waals surface area contributed by atoms with Crippen LogP contribution in [0.2, 0.25) is 5.02 Å². The van der Waals surface area contributed by atoms with Gasteiger partial charge in [-0.2, -0.15) is 5.26 Å². The molecule has 2 atom stereocenters. The monoisotopic (exact) mass is 494 g/mol. The van der Waals surface area contributed by atoms with Gasteiger partial charge in [0, 0.05) is 49.1 Å². The molecule has 1 aliphatic carbocycles. The highest BCUT2D eigenvalue weighted by atomic mass is 35.5. The summed E-state index contributed by atoms with van der Waals surface area (Å²) in [6.07, 6.45) is 5.28. The fourth-order valence-corrected chi connectivity index (χ4v) is 5.49. The normalized spacial score (nSPS) is 22.6. The van der Waals surface area contributed by atoms with Gasteiger partial charge < -0.3 is 14.9 Å². The number of carbonyl (C=O) groups excluding carboxylic acids is 1. The molecular weight excluding hydrogens is 468 g/mol. The number of nitriles is 1. The molecule has 3 fully saturated rings. The second-order valence-corrected chi connectivity index (χ2v) is 9.96. The van der Waals surface area contributed by atoms with Crippen LogP contribution < -0.4 is 4.90 Å². The van der Waals surface area contributed by atoms with Gasteiger partial charge in [-0.15, -0.1) is 0 Å². The molecule has 1 aromatic carbocycles. The summed E-state index contributed by atoms with van der Waals surface area (Å²) in [6.45, 7) is 2.27. The first kappa shape index (κ1) is 23.4. The summed E-state index contributed by atoms with van der Waals surface area (Å²) >= 11 is 6.08. The Morgan fingerprint density at radius 3 is 2.34 bits per heavy atom. The Morgan fingerprint density at radius 1 is 1.06 bits per heavy atom. The van der Waals surface area contributed by atoms with Crippen molar-refractivity contribution in [3.05, 3.63) is 52.9 Å². The Balaban J connectivity index is 1.28. The van der Waals surface area contributed by atoms with E-state index in [1.54, 1.807) is 11.1 Å². The number of likely N-dealkylation sites (tertiary alicyclic amines) is 1. The molecule has 9 nitrogen and oxygen atoms in total. The molecule has 5 rings (SSSR count). The zero-order chi connectivity index (χ0) is 24.5. The summed E-state index contributed by atoms with van der Waals surface area (Å²) < 4.78 is 0. The van der Waals surface area contributed by atoms with E-state index in [-0.39, 0.29) is 35.5 Å². The Labute approximate surface area is 208 Å². The molecule has 0 unspecified atom stereocenters. The number of rotatable bonds is 5. The maximum atomic E-state index is 13.5. The molecule has 2 saturated heterocycles. The Hall–Kier alpha value is -3.38. The molecule has 3 aliphatic rings. The topological polar surface area (TPSA) is 114 Å². The van der Waals surface area contributed by atoms with Gasteiger partial charge in [0.2, 0.25) is 5.91 Å². The number of piperidine rings is 1. The third-order valence-corrected chi connectivity index (χ3v) is 7.59. The second-order valence-electron chi connectivity index (χ2n) is 9.52. The minimum Gasteiger partial charge on any atom is -0.465 e. The number of halogens is 1. The number of benzene rings is 1. The van der Waals surface area contributed by atoms with Gasteiger partial charge >= 0.3 is 6.09 Å². The zero-order valence-electron chi connectivity index (χ0n) is 19.3. The van der Waals surface area contributed by atoms with Crippen LogP contribution in [0.1, 0.15) is 42.9 Å². The summed E-state index contributed by atoms with van der Waals surface area (Å²) in [6, 6.07) is 9.27. The lowest BCUT2D eigenvalue weighted by Crippen LogP contribution is -2.46. The van der Waals surface area contributed by atoms with Crippen LogP contribution in [0.3, 0.4) is 0 Å². The molecular formula is C25H27ClN6O3. The fourth-order valence-electron chi connectivity index (χ4n) is 5.36. The van der Waals surface area contributed by atoms with Crippen molar-refractivity contribution in [2.75, 3.05) is 31.1 Å². The highest BCUT2D eigenvalue weighted by molar-refractivity contribution is 6.30. The van der Waals surface area contributed by atoms with Crippen molar-refractivity contribution in [2.45, 2.75) is 43.7 Å². The van der Waals surface area contributed by atoms with Crippen LogP contribution in [0.15, 0.2) is 36.7 Å². The average molecular weight is 495 g/mol. The molecule has 0 bridgehead atoms. The van der Waals surface area contributed by atoms with Crippen LogP contribution in [0, 0.1) is 17.2 Å². The van der Waals surface area contributed by atoms with Crippen LogP contribution in [0.25, 0.3) is 0 Å². The zero-order valence-corrected chi connectivity index (χ0v) is 20.0. The maximum Gasteiger partial charge on any atom is 0.407 e. The van der Waals surface area contributed by atoms with Gasteiger partial charge in [0.15, 0.2) is 5.69 Å². The highest BCUT2D eigenvalue weighted by Crippen LogP contribution is 2.39. The molecule has 2 amide bonds. The predicted molar refractivity (Wildman–Crippen MR) is 129 cm³/mol. The molecule has 182 valence electrons. The van der Waals surface area contributed by atoms with Gasteiger partial charge in [-0.3, -0.25) is 9.69 Å². The van der Waals surface area contributed by atoms with E-state index in [0.29, 0.717) is 49.9 Å². The summed E-state index contributed by atoms with van der Waals surface area (Å²) in [5.41, 5.74) is 1.29. The van der Waals surface area contributed by atoms with Crippen molar-refractivity contribution in [3.63, 3.8) is 0 Å². The van der Waals surface area contributed by atoms with E-state index >= 15 is 0 Å². The highest BCUT2D eigenvalue weighted by Gasteiger charge is 2.47. The Bertz CT molecular complexity index is 1120. The number of anilines is 1. The first-order valence-electron chi connectivity index (χ1n) is 12.0. The smallest absolute Gasteiger partial charge is 0.407 e. The van der Waals surface area contributed by atoms with Crippen LogP contribution in [0.4, 0.5) is 10.6 Å². The molecule has 2 aliphatic heterocycles. The first-order chi connectivity index (χ1) is 16.9. The maximum absolute atomic E-state index is 13.5. The van der Waals surface area contributed by atoms with Gasteiger partial charge in [0.25, 0.3) is 0 Å². The molecule has 1 N–H and O–H groups in total. The van der Waals surface area contributed by atoms with Gasteiger partial charge in [0.1, 0.15) is 11.9 Å². The average Bonchev–Trinajstić information content (AvgIpc) is 3.62. The third-order valence-electron chi connectivity index (χ3n) is 7.34. The molecule has 1 saturated carbocycles. The minimum atomic E-state index is -0.914. The largest absolute Gasteiger partial charge is 0.465 e. The molecule has 3 heterocycles. The SMILES string of the molecule is N#Cc1cnc(N2CCC(C(=O)N3C[C@@H](N(C(=O)O)C4CC4)[C@H](c4ccc(Cl)cc4)C3)CC2)cn1. The number of carboxylic acid groups (broad SMARTS) is 1. The molecule has 35 heavy (non-hydrogen) atoms. The van der Waals surface area contributed by atoms with Crippen LogP contribution in [0.5, 0.6) is 0 Å². The third kappa shape index (κ3) is 4.89. The second kappa shape index (κ2) is 9.70. The molecule has 2 aromatic rings. The van der Waals surface area contributed by atoms with E-state index < -0.39 is 6.09 Å². The lowest BCUT2D eigenvalue weighted by Gasteiger charge is -2.34. The van der Waals surface area contributed by atoms with E-state index in [2.05, 4.69) is 14.9 Å². The number of amides is 2.